The maximum atomic E-state index is 12.7. The molecule has 2 aliphatic rings. The van der Waals surface area contributed by atoms with Gasteiger partial charge >= 0.3 is 5.97 Å². The summed E-state index contributed by atoms with van der Waals surface area (Å²) in [5.41, 5.74) is 4.45. The number of hydrogen-bond donors (Lipinski definition) is 3. The fourth-order valence-electron chi connectivity index (χ4n) is 5.33. The van der Waals surface area contributed by atoms with E-state index in [-0.39, 0.29) is 39.4 Å². The summed E-state index contributed by atoms with van der Waals surface area (Å²) >= 11 is 19.7. The maximum absolute atomic E-state index is 12.7. The highest BCUT2D eigenvalue weighted by Crippen LogP contribution is 2.48. The van der Waals surface area contributed by atoms with Gasteiger partial charge in [-0.25, -0.2) is 9.78 Å². The Morgan fingerprint density at radius 3 is 2.41 bits per heavy atom. The van der Waals surface area contributed by atoms with Crippen molar-refractivity contribution < 1.29 is 14.7 Å². The first kappa shape index (κ1) is 26.2. The molecular formula is C28H23Cl3N4O3S. The number of anilines is 1. The molecule has 1 saturated heterocycles. The van der Waals surface area contributed by atoms with Crippen LogP contribution >= 0.6 is 46.1 Å². The lowest BCUT2D eigenvalue weighted by Crippen LogP contribution is -2.34. The number of benzene rings is 2. The molecule has 7 nitrogen and oxygen atoms in total. The van der Waals surface area contributed by atoms with Crippen molar-refractivity contribution in [3.8, 4) is 11.1 Å². The minimum Gasteiger partial charge on any atom is -0.477 e. The van der Waals surface area contributed by atoms with E-state index in [4.69, 9.17) is 39.8 Å². The lowest BCUT2D eigenvalue weighted by atomic mass is 10.0. The predicted molar refractivity (Wildman–Crippen MR) is 155 cm³/mol. The standard InChI is InChI=1S/C28H23Cl3N4O3S/c1-13-21(30)22(31)24(32-13)26(36)34-23-18-11-35(12-19(18)23)28-33-20(25(39-28)27(37)38)9-14-4-2-5-15(8-14)16-6-3-7-17(29)10-16/h2-8,10,18-19,23,32H,9,11-12H2,1H3,(H,34,36)(H,37,38)/t18-,19+,23?. The Kier molecular flexibility index (Phi) is 6.83. The maximum Gasteiger partial charge on any atom is 0.347 e. The SMILES string of the molecule is Cc1[nH]c(C(=O)NC2[C@H]3CN(c4nc(Cc5cccc(-c6cccc(Cl)c6)c5)c(C(=O)O)s4)C[C@@H]23)c(Cl)c1Cl. The minimum absolute atomic E-state index is 0.0415. The van der Waals surface area contributed by atoms with Crippen molar-refractivity contribution in [1.82, 2.24) is 15.3 Å². The molecular weight excluding hydrogens is 579 g/mol. The van der Waals surface area contributed by atoms with Gasteiger partial charge in [0.15, 0.2) is 5.13 Å². The summed E-state index contributed by atoms with van der Waals surface area (Å²) in [7, 11) is 0. The van der Waals surface area contributed by atoms with Gasteiger partial charge in [-0.2, -0.15) is 0 Å². The van der Waals surface area contributed by atoms with E-state index in [9.17, 15) is 14.7 Å². The molecule has 200 valence electrons. The number of carboxylic acid groups (broad SMARTS) is 1. The van der Waals surface area contributed by atoms with E-state index in [0.717, 1.165) is 16.7 Å². The van der Waals surface area contributed by atoms with Gasteiger partial charge in [-0.05, 0) is 35.7 Å². The first-order chi connectivity index (χ1) is 18.7. The van der Waals surface area contributed by atoms with Crippen LogP contribution in [0.1, 0.15) is 37.1 Å². The normalized spacial score (nSPS) is 19.7. The molecule has 2 fully saturated rings. The number of nitrogens with one attached hydrogen (secondary N) is 2. The van der Waals surface area contributed by atoms with Gasteiger partial charge in [0, 0.05) is 48.1 Å². The molecule has 1 amide bonds. The zero-order valence-corrected chi connectivity index (χ0v) is 23.8. The number of fused-ring (bicyclic) bond motifs is 1. The average Bonchev–Trinajstić information content (AvgIpc) is 3.27. The van der Waals surface area contributed by atoms with E-state index in [1.54, 1.807) is 6.92 Å². The number of carbonyl (C=O) groups excluding carboxylic acids is 1. The molecule has 0 bridgehead atoms. The van der Waals surface area contributed by atoms with Crippen LogP contribution in [0.4, 0.5) is 5.13 Å². The van der Waals surface area contributed by atoms with Gasteiger partial charge in [-0.15, -0.1) is 0 Å². The summed E-state index contributed by atoms with van der Waals surface area (Å²) in [5, 5.41) is 14.9. The summed E-state index contributed by atoms with van der Waals surface area (Å²) in [6.07, 6.45) is 0.408. The smallest absolute Gasteiger partial charge is 0.347 e. The van der Waals surface area contributed by atoms with Gasteiger partial charge < -0.3 is 20.3 Å². The summed E-state index contributed by atoms with van der Waals surface area (Å²) < 4.78 is 0. The number of rotatable bonds is 7. The van der Waals surface area contributed by atoms with E-state index >= 15 is 0 Å². The monoisotopic (exact) mass is 600 g/mol. The second-order valence-corrected chi connectivity index (χ2v) is 12.1. The van der Waals surface area contributed by atoms with Crippen LogP contribution in [-0.2, 0) is 6.42 Å². The van der Waals surface area contributed by atoms with Crippen molar-refractivity contribution in [2.45, 2.75) is 19.4 Å². The first-order valence-corrected chi connectivity index (χ1v) is 14.3. The van der Waals surface area contributed by atoms with Gasteiger partial charge in [-0.3, -0.25) is 4.79 Å². The molecule has 3 N–H and O–H groups in total. The quantitative estimate of drug-likeness (QED) is 0.223. The van der Waals surface area contributed by atoms with Crippen molar-refractivity contribution in [1.29, 1.82) is 0 Å². The van der Waals surface area contributed by atoms with Gasteiger partial charge in [0.2, 0.25) is 0 Å². The minimum atomic E-state index is -0.981. The Hall–Kier alpha value is -3.04. The molecule has 1 aliphatic heterocycles. The highest BCUT2D eigenvalue weighted by atomic mass is 35.5. The predicted octanol–water partition coefficient (Wildman–Crippen LogP) is 6.56. The largest absolute Gasteiger partial charge is 0.477 e. The third-order valence-electron chi connectivity index (χ3n) is 7.38. The van der Waals surface area contributed by atoms with Crippen molar-refractivity contribution in [2.75, 3.05) is 18.0 Å². The lowest BCUT2D eigenvalue weighted by Gasteiger charge is -2.19. The first-order valence-electron chi connectivity index (χ1n) is 12.4. The van der Waals surface area contributed by atoms with Crippen LogP contribution in [0.3, 0.4) is 0 Å². The Labute approximate surface area is 243 Å². The zero-order chi connectivity index (χ0) is 27.4. The van der Waals surface area contributed by atoms with Crippen LogP contribution in [0.25, 0.3) is 11.1 Å². The van der Waals surface area contributed by atoms with Gasteiger partial charge in [0.05, 0.1) is 15.7 Å². The van der Waals surface area contributed by atoms with E-state index in [1.165, 1.54) is 11.3 Å². The number of hydrogen-bond acceptors (Lipinski definition) is 5. The Bertz CT molecular complexity index is 1610. The van der Waals surface area contributed by atoms with Crippen LogP contribution in [0.5, 0.6) is 0 Å². The molecule has 2 aromatic heterocycles. The molecule has 1 unspecified atom stereocenters. The molecule has 3 heterocycles. The molecule has 4 aromatic rings. The number of H-pyrrole nitrogens is 1. The van der Waals surface area contributed by atoms with E-state index in [1.807, 2.05) is 48.5 Å². The number of aryl methyl sites for hydroxylation is 1. The average molecular weight is 602 g/mol. The van der Waals surface area contributed by atoms with Crippen LogP contribution in [0, 0.1) is 18.8 Å². The van der Waals surface area contributed by atoms with Crippen LogP contribution in [0.2, 0.25) is 15.1 Å². The fourth-order valence-corrected chi connectivity index (χ4v) is 6.88. The number of aromatic carboxylic acids is 1. The molecule has 6 rings (SSSR count). The molecule has 1 saturated carbocycles. The molecule has 3 atom stereocenters. The number of amides is 1. The molecule has 0 radical (unpaired) electrons. The third-order valence-corrected chi connectivity index (χ3v) is 9.71. The molecule has 11 heteroatoms. The zero-order valence-electron chi connectivity index (χ0n) is 20.7. The van der Waals surface area contributed by atoms with Gasteiger partial charge in [0.25, 0.3) is 5.91 Å². The number of carboxylic acids is 1. The second-order valence-electron chi connectivity index (χ2n) is 9.95. The van der Waals surface area contributed by atoms with Crippen molar-refractivity contribution in [3.63, 3.8) is 0 Å². The number of thiazole rings is 1. The van der Waals surface area contributed by atoms with Crippen LogP contribution in [0.15, 0.2) is 48.5 Å². The number of aromatic amines is 1. The number of halogens is 3. The van der Waals surface area contributed by atoms with Gasteiger partial charge in [-0.1, -0.05) is 82.5 Å². The number of carbonyl (C=O) groups is 2. The number of piperidine rings is 1. The van der Waals surface area contributed by atoms with Crippen molar-refractivity contribution >= 4 is 63.1 Å². The van der Waals surface area contributed by atoms with E-state index in [2.05, 4.69) is 15.2 Å². The molecule has 2 aromatic carbocycles. The van der Waals surface area contributed by atoms with Crippen LogP contribution in [-0.4, -0.2) is 46.1 Å². The fraction of sp³-hybridized carbons (Fsp3) is 0.250. The summed E-state index contributed by atoms with van der Waals surface area (Å²) in [6, 6.07) is 15.6. The Morgan fingerprint density at radius 1 is 1.08 bits per heavy atom. The van der Waals surface area contributed by atoms with E-state index in [0.29, 0.717) is 46.1 Å². The van der Waals surface area contributed by atoms with Crippen LogP contribution < -0.4 is 10.2 Å². The van der Waals surface area contributed by atoms with E-state index < -0.39 is 5.97 Å². The lowest BCUT2D eigenvalue weighted by molar-refractivity contribution is 0.0700. The molecule has 39 heavy (non-hydrogen) atoms. The summed E-state index contributed by atoms with van der Waals surface area (Å²) in [6.45, 7) is 3.16. The highest BCUT2D eigenvalue weighted by molar-refractivity contribution is 7.17. The van der Waals surface area contributed by atoms with Gasteiger partial charge in [0.1, 0.15) is 10.6 Å². The van der Waals surface area contributed by atoms with Crippen molar-refractivity contribution in [2.24, 2.45) is 11.8 Å². The summed E-state index contributed by atoms with van der Waals surface area (Å²) in [4.78, 5) is 34.8. The topological polar surface area (TPSA) is 98.3 Å². The number of nitrogens with zero attached hydrogens (tertiary/aromatic N) is 2. The summed E-state index contributed by atoms with van der Waals surface area (Å²) in [5.74, 6) is -0.708. The Balaban J connectivity index is 1.14. The second kappa shape index (κ2) is 10.2. The number of aromatic nitrogens is 2. The molecule has 1 aliphatic carbocycles. The Morgan fingerprint density at radius 2 is 1.77 bits per heavy atom. The molecule has 0 spiro atoms. The third kappa shape index (κ3) is 5.02. The highest BCUT2D eigenvalue weighted by Gasteiger charge is 2.57. The van der Waals surface area contributed by atoms with Crippen molar-refractivity contribution in [3.05, 3.63) is 91.1 Å².